The number of fused-ring (bicyclic) bond motifs is 1. The van der Waals surface area contributed by atoms with Crippen molar-refractivity contribution >= 4 is 11.6 Å². The van der Waals surface area contributed by atoms with Gasteiger partial charge in [0.1, 0.15) is 0 Å². The van der Waals surface area contributed by atoms with Gasteiger partial charge in [-0.25, -0.2) is 0 Å². The summed E-state index contributed by atoms with van der Waals surface area (Å²) in [5.74, 6) is -0.0196. The van der Waals surface area contributed by atoms with Crippen LogP contribution in [0.5, 0.6) is 0 Å². The van der Waals surface area contributed by atoms with Gasteiger partial charge in [0, 0.05) is 18.3 Å². The molecule has 4 heteroatoms. The third-order valence-electron chi connectivity index (χ3n) is 3.22. The van der Waals surface area contributed by atoms with Crippen LogP contribution >= 0.6 is 0 Å². The van der Waals surface area contributed by atoms with Crippen molar-refractivity contribution in [2.45, 2.75) is 25.8 Å². The number of benzene rings is 1. The number of carbonyl (C=O) groups excluding carboxylic acids is 1. The molecule has 0 spiro atoms. The summed E-state index contributed by atoms with van der Waals surface area (Å²) in [7, 11) is 0. The van der Waals surface area contributed by atoms with E-state index in [4.69, 9.17) is 5.26 Å². The van der Waals surface area contributed by atoms with Crippen LogP contribution in [0.3, 0.4) is 0 Å². The maximum Gasteiger partial charge on any atom is 0.239 e. The molecule has 18 heavy (non-hydrogen) atoms. The first kappa shape index (κ1) is 12.4. The van der Waals surface area contributed by atoms with Crippen molar-refractivity contribution in [3.63, 3.8) is 0 Å². The molecule has 4 nitrogen and oxygen atoms in total. The Balaban J connectivity index is 1.97. The van der Waals surface area contributed by atoms with E-state index in [0.29, 0.717) is 25.6 Å². The molecule has 1 atom stereocenters. The van der Waals surface area contributed by atoms with E-state index in [1.165, 1.54) is 5.56 Å². The highest BCUT2D eigenvalue weighted by Crippen LogP contribution is 2.31. The largest absolute Gasteiger partial charge is 0.359 e. The van der Waals surface area contributed by atoms with Crippen molar-refractivity contribution in [3.8, 4) is 6.07 Å². The lowest BCUT2D eigenvalue weighted by Crippen LogP contribution is -2.40. The third kappa shape index (κ3) is 2.62. The van der Waals surface area contributed by atoms with Gasteiger partial charge in [0.2, 0.25) is 5.91 Å². The molecule has 0 fully saturated rings. The SMILES string of the molecule is C[C@@H]1Cc2ccccc2N1CC(=O)NCCC#N. The van der Waals surface area contributed by atoms with Crippen LogP contribution in [0.2, 0.25) is 0 Å². The summed E-state index contributed by atoms with van der Waals surface area (Å²) in [6.07, 6.45) is 1.35. The fourth-order valence-electron chi connectivity index (χ4n) is 2.34. The van der Waals surface area contributed by atoms with Gasteiger partial charge >= 0.3 is 0 Å². The lowest BCUT2D eigenvalue weighted by Gasteiger charge is -2.24. The zero-order valence-electron chi connectivity index (χ0n) is 10.5. The number of anilines is 1. The highest BCUT2D eigenvalue weighted by Gasteiger charge is 2.26. The van der Waals surface area contributed by atoms with Crippen molar-refractivity contribution in [2.24, 2.45) is 0 Å². The van der Waals surface area contributed by atoms with E-state index < -0.39 is 0 Å². The number of carbonyl (C=O) groups is 1. The quantitative estimate of drug-likeness (QED) is 0.815. The van der Waals surface area contributed by atoms with Gasteiger partial charge in [0.15, 0.2) is 0 Å². The van der Waals surface area contributed by atoms with Crippen LogP contribution in [0, 0.1) is 11.3 Å². The van der Waals surface area contributed by atoms with Crippen LogP contribution in [0.15, 0.2) is 24.3 Å². The molecule has 0 aromatic heterocycles. The highest BCUT2D eigenvalue weighted by atomic mass is 16.2. The molecule has 1 aliphatic rings. The molecule has 1 aliphatic heterocycles. The molecule has 0 unspecified atom stereocenters. The van der Waals surface area contributed by atoms with E-state index in [-0.39, 0.29) is 5.91 Å². The summed E-state index contributed by atoms with van der Waals surface area (Å²) in [4.78, 5) is 13.9. The monoisotopic (exact) mass is 243 g/mol. The second-order valence-corrected chi connectivity index (χ2v) is 4.57. The van der Waals surface area contributed by atoms with E-state index in [9.17, 15) is 4.79 Å². The molecule has 94 valence electrons. The Morgan fingerprint density at radius 2 is 2.33 bits per heavy atom. The average Bonchev–Trinajstić information content (AvgIpc) is 2.67. The van der Waals surface area contributed by atoms with Crippen molar-refractivity contribution in [1.82, 2.24) is 5.32 Å². The second kappa shape index (κ2) is 5.54. The van der Waals surface area contributed by atoms with Crippen LogP contribution in [0.1, 0.15) is 18.9 Å². The molecule has 1 N–H and O–H groups in total. The minimum atomic E-state index is -0.0196. The van der Waals surface area contributed by atoms with Gasteiger partial charge in [-0.2, -0.15) is 5.26 Å². The van der Waals surface area contributed by atoms with Crippen LogP contribution in [0.4, 0.5) is 5.69 Å². The molecule has 1 heterocycles. The Labute approximate surface area is 107 Å². The van der Waals surface area contributed by atoms with Gasteiger partial charge in [-0.15, -0.1) is 0 Å². The maximum absolute atomic E-state index is 11.8. The first-order chi connectivity index (χ1) is 8.72. The fourth-order valence-corrected chi connectivity index (χ4v) is 2.34. The van der Waals surface area contributed by atoms with Gasteiger partial charge in [-0.3, -0.25) is 4.79 Å². The summed E-state index contributed by atoms with van der Waals surface area (Å²) in [6, 6.07) is 10.6. The number of nitrogens with one attached hydrogen (secondary N) is 1. The molecule has 1 aromatic carbocycles. The van der Waals surface area contributed by atoms with E-state index in [0.717, 1.165) is 12.1 Å². The van der Waals surface area contributed by atoms with Crippen LogP contribution in [0.25, 0.3) is 0 Å². The Kier molecular flexibility index (Phi) is 3.83. The number of rotatable bonds is 4. The number of hydrogen-bond acceptors (Lipinski definition) is 3. The summed E-state index contributed by atoms with van der Waals surface area (Å²) in [5, 5.41) is 11.2. The van der Waals surface area contributed by atoms with E-state index in [1.54, 1.807) is 0 Å². The summed E-state index contributed by atoms with van der Waals surface area (Å²) in [5.41, 5.74) is 2.45. The van der Waals surface area contributed by atoms with E-state index >= 15 is 0 Å². The normalized spacial score (nSPS) is 17.1. The van der Waals surface area contributed by atoms with E-state index in [2.05, 4.69) is 29.3 Å². The van der Waals surface area contributed by atoms with Gasteiger partial charge in [0.25, 0.3) is 0 Å². The average molecular weight is 243 g/mol. The minimum absolute atomic E-state index is 0.0196. The van der Waals surface area contributed by atoms with Gasteiger partial charge < -0.3 is 10.2 Å². The lowest BCUT2D eigenvalue weighted by atomic mass is 10.1. The molecule has 2 rings (SSSR count). The maximum atomic E-state index is 11.8. The van der Waals surface area contributed by atoms with Crippen LogP contribution in [-0.4, -0.2) is 25.0 Å². The standard InChI is InChI=1S/C14H17N3O/c1-11-9-12-5-2-3-6-13(12)17(11)10-14(18)16-8-4-7-15/h2-3,5-6,11H,4,8-10H2,1H3,(H,16,18)/t11-/m1/s1. The first-order valence-corrected chi connectivity index (χ1v) is 6.20. The summed E-state index contributed by atoms with van der Waals surface area (Å²) >= 11 is 0. The third-order valence-corrected chi connectivity index (χ3v) is 3.22. The molecule has 1 aromatic rings. The molecule has 1 amide bonds. The van der Waals surface area contributed by atoms with Crippen molar-refractivity contribution in [3.05, 3.63) is 29.8 Å². The smallest absolute Gasteiger partial charge is 0.239 e. The predicted octanol–water partition coefficient (Wildman–Crippen LogP) is 1.47. The number of amides is 1. The Morgan fingerprint density at radius 3 is 3.11 bits per heavy atom. The van der Waals surface area contributed by atoms with Gasteiger partial charge in [-0.1, -0.05) is 18.2 Å². The zero-order chi connectivity index (χ0) is 13.0. The number of para-hydroxylation sites is 1. The van der Waals surface area contributed by atoms with Crippen molar-refractivity contribution in [1.29, 1.82) is 5.26 Å². The second-order valence-electron chi connectivity index (χ2n) is 4.57. The Morgan fingerprint density at radius 1 is 1.56 bits per heavy atom. The van der Waals surface area contributed by atoms with Crippen molar-refractivity contribution in [2.75, 3.05) is 18.0 Å². The topological polar surface area (TPSA) is 56.1 Å². The number of nitrogens with zero attached hydrogens (tertiary/aromatic N) is 2. The summed E-state index contributed by atoms with van der Waals surface area (Å²) < 4.78 is 0. The molecule has 0 saturated carbocycles. The lowest BCUT2D eigenvalue weighted by molar-refractivity contribution is -0.119. The molecule has 0 radical (unpaired) electrons. The number of nitriles is 1. The molecule has 0 aliphatic carbocycles. The predicted molar refractivity (Wildman–Crippen MR) is 70.2 cm³/mol. The van der Waals surface area contributed by atoms with Gasteiger partial charge in [0.05, 0.1) is 19.0 Å². The first-order valence-electron chi connectivity index (χ1n) is 6.20. The molecular weight excluding hydrogens is 226 g/mol. The Bertz CT molecular complexity index is 478. The van der Waals surface area contributed by atoms with Gasteiger partial charge in [-0.05, 0) is 25.0 Å². The minimum Gasteiger partial charge on any atom is -0.359 e. The van der Waals surface area contributed by atoms with Crippen molar-refractivity contribution < 1.29 is 4.79 Å². The van der Waals surface area contributed by atoms with Crippen LogP contribution < -0.4 is 10.2 Å². The molecule has 0 saturated heterocycles. The Hall–Kier alpha value is -2.02. The fraction of sp³-hybridized carbons (Fsp3) is 0.429. The zero-order valence-corrected chi connectivity index (χ0v) is 10.5. The summed E-state index contributed by atoms with van der Waals surface area (Å²) in [6.45, 7) is 2.92. The molecular formula is C14H17N3O. The number of hydrogen-bond donors (Lipinski definition) is 1. The van der Waals surface area contributed by atoms with E-state index in [1.807, 2.05) is 18.2 Å². The van der Waals surface area contributed by atoms with Crippen LogP contribution in [-0.2, 0) is 11.2 Å². The highest BCUT2D eigenvalue weighted by molar-refractivity contribution is 5.82. The molecule has 0 bridgehead atoms.